The average Bonchev–Trinajstić information content (AvgIpc) is 2.15. The summed E-state index contributed by atoms with van der Waals surface area (Å²) in [5.74, 6) is 0. The summed E-state index contributed by atoms with van der Waals surface area (Å²) in [6.07, 6.45) is -4.33. The highest BCUT2D eigenvalue weighted by Gasteiger charge is 2.42. The van der Waals surface area contributed by atoms with Gasteiger partial charge in [0, 0.05) is 0 Å². The molecule has 0 bridgehead atoms. The lowest BCUT2D eigenvalue weighted by Crippen LogP contribution is -2.58. The first-order chi connectivity index (χ1) is 6.11. The summed E-state index contributed by atoms with van der Waals surface area (Å²) in [7, 11) is 0. The lowest BCUT2D eigenvalue weighted by Gasteiger charge is -2.39. The standard InChI is InChI=1S/C8H16O5/c1-2-4-6(10)8(12)7(11)5(3-9)13-4/h4-12H,2-3H2,1H3/t4-,5?,6?,7-,8?/m1/s1. The molecule has 1 heterocycles. The minimum Gasteiger partial charge on any atom is -0.394 e. The van der Waals surface area contributed by atoms with Gasteiger partial charge in [0.05, 0.1) is 12.7 Å². The molecule has 1 aliphatic heterocycles. The van der Waals surface area contributed by atoms with Crippen LogP contribution < -0.4 is 0 Å². The molecule has 1 rings (SSSR count). The Kier molecular flexibility index (Phi) is 3.63. The SMILES string of the molecule is CC[C@H]1OC(CO)[C@@H](O)C(O)C1O. The first-order valence-corrected chi connectivity index (χ1v) is 4.42. The summed E-state index contributed by atoms with van der Waals surface area (Å²) in [5, 5.41) is 36.9. The molecule has 0 saturated carbocycles. The number of hydrogen-bond donors (Lipinski definition) is 4. The van der Waals surface area contributed by atoms with E-state index >= 15 is 0 Å². The molecule has 13 heavy (non-hydrogen) atoms. The lowest BCUT2D eigenvalue weighted by atomic mass is 9.94. The fraction of sp³-hybridized carbons (Fsp3) is 1.00. The summed E-state index contributed by atoms with van der Waals surface area (Å²) in [6, 6.07) is 0. The topological polar surface area (TPSA) is 90.2 Å². The zero-order chi connectivity index (χ0) is 10.0. The van der Waals surface area contributed by atoms with Gasteiger partial charge in [-0.15, -0.1) is 0 Å². The Hall–Kier alpha value is -0.200. The van der Waals surface area contributed by atoms with Crippen LogP contribution in [0.3, 0.4) is 0 Å². The van der Waals surface area contributed by atoms with Crippen LogP contribution in [-0.2, 0) is 4.74 Å². The highest BCUT2D eigenvalue weighted by Crippen LogP contribution is 2.22. The molecule has 5 atom stereocenters. The van der Waals surface area contributed by atoms with Crippen molar-refractivity contribution in [1.82, 2.24) is 0 Å². The molecule has 0 aromatic carbocycles. The van der Waals surface area contributed by atoms with Gasteiger partial charge >= 0.3 is 0 Å². The van der Waals surface area contributed by atoms with Gasteiger partial charge in [0.2, 0.25) is 0 Å². The first-order valence-electron chi connectivity index (χ1n) is 4.42. The van der Waals surface area contributed by atoms with Crippen LogP contribution in [0.4, 0.5) is 0 Å². The number of aliphatic hydroxyl groups is 4. The van der Waals surface area contributed by atoms with Crippen molar-refractivity contribution in [2.75, 3.05) is 6.61 Å². The Balaban J connectivity index is 2.66. The van der Waals surface area contributed by atoms with E-state index in [1.54, 1.807) is 6.92 Å². The third kappa shape index (κ3) is 2.00. The zero-order valence-corrected chi connectivity index (χ0v) is 7.50. The fourth-order valence-corrected chi connectivity index (χ4v) is 1.52. The molecule has 1 fully saturated rings. The maximum Gasteiger partial charge on any atom is 0.111 e. The molecule has 78 valence electrons. The Bertz CT molecular complexity index is 143. The summed E-state index contributed by atoms with van der Waals surface area (Å²) in [4.78, 5) is 0. The van der Waals surface area contributed by atoms with Crippen LogP contribution in [0.1, 0.15) is 13.3 Å². The van der Waals surface area contributed by atoms with Gasteiger partial charge in [-0.1, -0.05) is 6.92 Å². The van der Waals surface area contributed by atoms with Gasteiger partial charge < -0.3 is 25.2 Å². The van der Waals surface area contributed by atoms with E-state index in [1.807, 2.05) is 0 Å². The summed E-state index contributed by atoms with van der Waals surface area (Å²) < 4.78 is 5.17. The second-order valence-corrected chi connectivity index (χ2v) is 3.28. The van der Waals surface area contributed by atoms with Gasteiger partial charge in [-0.2, -0.15) is 0 Å². The molecule has 0 radical (unpaired) electrons. The summed E-state index contributed by atoms with van der Waals surface area (Å²) in [6.45, 7) is 1.44. The maximum absolute atomic E-state index is 9.40. The molecule has 0 aliphatic carbocycles. The van der Waals surface area contributed by atoms with Crippen LogP contribution in [-0.4, -0.2) is 57.6 Å². The number of hydrogen-bond acceptors (Lipinski definition) is 5. The van der Waals surface area contributed by atoms with E-state index in [1.165, 1.54) is 0 Å². The summed E-state index contributed by atoms with van der Waals surface area (Å²) >= 11 is 0. The molecule has 0 spiro atoms. The number of ether oxygens (including phenoxy) is 1. The molecule has 3 unspecified atom stereocenters. The third-order valence-corrected chi connectivity index (χ3v) is 2.39. The van der Waals surface area contributed by atoms with Crippen molar-refractivity contribution in [3.63, 3.8) is 0 Å². The van der Waals surface area contributed by atoms with Crippen LogP contribution >= 0.6 is 0 Å². The Labute approximate surface area is 76.6 Å². The Morgan fingerprint density at radius 2 is 1.54 bits per heavy atom. The second-order valence-electron chi connectivity index (χ2n) is 3.28. The van der Waals surface area contributed by atoms with Crippen molar-refractivity contribution in [3.8, 4) is 0 Å². The van der Waals surface area contributed by atoms with Gasteiger partial charge in [0.1, 0.15) is 24.4 Å². The lowest BCUT2D eigenvalue weighted by molar-refractivity contribution is -0.229. The van der Waals surface area contributed by atoms with Crippen molar-refractivity contribution in [2.24, 2.45) is 0 Å². The Morgan fingerprint density at radius 1 is 1.00 bits per heavy atom. The largest absolute Gasteiger partial charge is 0.394 e. The molecule has 1 saturated heterocycles. The maximum atomic E-state index is 9.40. The molecule has 0 amide bonds. The normalized spacial score (nSPS) is 46.4. The minimum absolute atomic E-state index is 0.360. The van der Waals surface area contributed by atoms with Crippen LogP contribution in [0.25, 0.3) is 0 Å². The third-order valence-electron chi connectivity index (χ3n) is 2.39. The van der Waals surface area contributed by atoms with Crippen LogP contribution in [0.5, 0.6) is 0 Å². The molecule has 1 aliphatic rings. The van der Waals surface area contributed by atoms with E-state index < -0.39 is 30.5 Å². The van der Waals surface area contributed by atoms with Crippen molar-refractivity contribution >= 4 is 0 Å². The molecule has 0 aromatic heterocycles. The van der Waals surface area contributed by atoms with Crippen LogP contribution in [0, 0.1) is 0 Å². The Morgan fingerprint density at radius 3 is 2.00 bits per heavy atom. The van der Waals surface area contributed by atoms with Gasteiger partial charge in [-0.25, -0.2) is 0 Å². The highest BCUT2D eigenvalue weighted by molar-refractivity contribution is 4.91. The van der Waals surface area contributed by atoms with Crippen LogP contribution in [0.15, 0.2) is 0 Å². The number of rotatable bonds is 2. The second kappa shape index (κ2) is 4.34. The highest BCUT2D eigenvalue weighted by atomic mass is 16.5. The molecular formula is C8H16O5. The zero-order valence-electron chi connectivity index (χ0n) is 7.50. The van der Waals surface area contributed by atoms with Gasteiger partial charge in [-0.05, 0) is 6.42 Å². The average molecular weight is 192 g/mol. The quantitative estimate of drug-likeness (QED) is 0.416. The van der Waals surface area contributed by atoms with E-state index in [9.17, 15) is 15.3 Å². The molecular weight excluding hydrogens is 176 g/mol. The van der Waals surface area contributed by atoms with Crippen LogP contribution in [0.2, 0.25) is 0 Å². The first kappa shape index (κ1) is 10.9. The van der Waals surface area contributed by atoms with E-state index in [-0.39, 0.29) is 6.61 Å². The van der Waals surface area contributed by atoms with E-state index in [4.69, 9.17) is 9.84 Å². The van der Waals surface area contributed by atoms with Gasteiger partial charge in [0.25, 0.3) is 0 Å². The number of aliphatic hydroxyl groups excluding tert-OH is 4. The predicted octanol–water partition coefficient (Wildman–Crippen LogP) is -1.76. The molecule has 5 nitrogen and oxygen atoms in total. The fourth-order valence-electron chi connectivity index (χ4n) is 1.52. The molecule has 4 N–H and O–H groups in total. The van der Waals surface area contributed by atoms with E-state index in [2.05, 4.69) is 0 Å². The van der Waals surface area contributed by atoms with E-state index in [0.29, 0.717) is 6.42 Å². The van der Waals surface area contributed by atoms with E-state index in [0.717, 1.165) is 0 Å². The monoisotopic (exact) mass is 192 g/mol. The molecule has 0 aromatic rings. The van der Waals surface area contributed by atoms with Crippen molar-refractivity contribution < 1.29 is 25.2 Å². The summed E-state index contributed by atoms with van der Waals surface area (Å²) in [5.41, 5.74) is 0. The van der Waals surface area contributed by atoms with Crippen molar-refractivity contribution in [3.05, 3.63) is 0 Å². The predicted molar refractivity (Wildman–Crippen MR) is 44.1 cm³/mol. The van der Waals surface area contributed by atoms with Crippen molar-refractivity contribution in [2.45, 2.75) is 43.9 Å². The molecule has 5 heteroatoms. The minimum atomic E-state index is -1.24. The van der Waals surface area contributed by atoms with Gasteiger partial charge in [0.15, 0.2) is 0 Å². The smallest absolute Gasteiger partial charge is 0.111 e. The van der Waals surface area contributed by atoms with Crippen molar-refractivity contribution in [1.29, 1.82) is 0 Å². The van der Waals surface area contributed by atoms with Gasteiger partial charge in [-0.3, -0.25) is 0 Å².